The van der Waals surface area contributed by atoms with Gasteiger partial charge in [-0.25, -0.2) is 0 Å². The first-order valence-corrected chi connectivity index (χ1v) is 11.7. The molecule has 0 aromatic carbocycles. The van der Waals surface area contributed by atoms with Gasteiger partial charge in [-0.2, -0.15) is 0 Å². The monoisotopic (exact) mass is 456 g/mol. The molecule has 2 atom stereocenters. The molecule has 0 aliphatic carbocycles. The number of esters is 1. The molecule has 0 rings (SSSR count). The number of aliphatic hydroxyl groups excluding tert-OH is 1. The molecular formula is C11H22I2O3. The number of halogens is 2. The molecule has 0 fully saturated rings. The molecule has 3 nitrogen and oxygen atoms in total. The van der Waals surface area contributed by atoms with Gasteiger partial charge in [0.2, 0.25) is 0 Å². The average molecular weight is 456 g/mol. The van der Waals surface area contributed by atoms with E-state index in [1.807, 2.05) is 6.92 Å². The van der Waals surface area contributed by atoms with E-state index in [4.69, 9.17) is 4.74 Å². The fourth-order valence-electron chi connectivity index (χ4n) is 1.42. The van der Waals surface area contributed by atoms with Crippen molar-refractivity contribution in [2.75, 3.05) is 0 Å². The zero-order valence-corrected chi connectivity index (χ0v) is 14.7. The molecule has 0 aromatic heterocycles. The van der Waals surface area contributed by atoms with Crippen molar-refractivity contribution in [2.45, 2.75) is 59.2 Å². The van der Waals surface area contributed by atoms with Gasteiger partial charge in [-0.3, -0.25) is 4.79 Å². The van der Waals surface area contributed by atoms with Gasteiger partial charge >= 0.3 is 5.97 Å². The molecule has 0 amide bonds. The number of hydrogen-bond donors (Lipinski definition) is 1. The number of rotatable bonds is 6. The van der Waals surface area contributed by atoms with E-state index in [9.17, 15) is 9.90 Å². The third-order valence-corrected chi connectivity index (χ3v) is 2.07. The number of carbonyl (C=O) groups excluding carboxylic acids is 1. The van der Waals surface area contributed by atoms with Crippen molar-refractivity contribution in [3.63, 3.8) is 0 Å². The Labute approximate surface area is 122 Å². The van der Waals surface area contributed by atoms with E-state index in [0.29, 0.717) is 18.8 Å². The molecule has 0 aliphatic heterocycles. The highest BCUT2D eigenvalue weighted by Gasteiger charge is 2.17. The lowest BCUT2D eigenvalue weighted by Gasteiger charge is -2.21. The van der Waals surface area contributed by atoms with Crippen molar-refractivity contribution in [2.24, 2.45) is 5.92 Å². The summed E-state index contributed by atoms with van der Waals surface area (Å²) < 4.78 is 5.13. The predicted molar refractivity (Wildman–Crippen MR) is 84.0 cm³/mol. The Morgan fingerprint density at radius 3 is 2.12 bits per heavy atom. The van der Waals surface area contributed by atoms with E-state index < -0.39 is 0 Å². The van der Waals surface area contributed by atoms with Crippen molar-refractivity contribution in [3.05, 3.63) is 0 Å². The molecule has 98 valence electrons. The Hall–Kier alpha value is 0.890. The van der Waals surface area contributed by atoms with Gasteiger partial charge in [-0.1, -0.05) is 20.8 Å². The highest BCUT2D eigenvalue weighted by atomic mass is 128. The highest BCUT2D eigenvalue weighted by molar-refractivity contribution is 15.0. The lowest BCUT2D eigenvalue weighted by molar-refractivity contribution is -0.148. The third-order valence-electron chi connectivity index (χ3n) is 2.07. The summed E-state index contributed by atoms with van der Waals surface area (Å²) >= 11 is 4.24. The Morgan fingerprint density at radius 2 is 1.81 bits per heavy atom. The molecule has 1 N–H and O–H groups in total. The zero-order valence-electron chi connectivity index (χ0n) is 10.4. The van der Waals surface area contributed by atoms with E-state index in [0.717, 1.165) is 6.42 Å². The number of carbonyl (C=O) groups is 1. The van der Waals surface area contributed by atoms with Crippen LogP contribution in [-0.2, 0) is 9.53 Å². The molecule has 0 saturated carbocycles. The van der Waals surface area contributed by atoms with Gasteiger partial charge in [-0.05, 0) is 18.8 Å². The lowest BCUT2D eigenvalue weighted by Crippen LogP contribution is -2.24. The second-order valence-corrected chi connectivity index (χ2v) is 4.16. The molecule has 0 heterocycles. The van der Waals surface area contributed by atoms with Crippen LogP contribution in [0, 0.1) is 5.92 Å². The Morgan fingerprint density at radius 1 is 1.31 bits per heavy atom. The van der Waals surface area contributed by atoms with Crippen LogP contribution in [0.25, 0.3) is 0 Å². The van der Waals surface area contributed by atoms with Crippen LogP contribution >= 0.6 is 37.2 Å². The summed E-state index contributed by atoms with van der Waals surface area (Å²) in [5.41, 5.74) is 0. The first-order chi connectivity index (χ1) is 7.45. The molecule has 0 spiro atoms. The summed E-state index contributed by atoms with van der Waals surface area (Å²) in [4.78, 5) is 10.8. The molecule has 2 unspecified atom stereocenters. The van der Waals surface area contributed by atoms with Crippen LogP contribution in [0.4, 0.5) is 0 Å². The van der Waals surface area contributed by atoms with E-state index in [-0.39, 0.29) is 18.2 Å². The van der Waals surface area contributed by atoms with Gasteiger partial charge in [0.15, 0.2) is 0 Å². The predicted octanol–water partition coefficient (Wildman–Crippen LogP) is 3.90. The van der Waals surface area contributed by atoms with Crippen molar-refractivity contribution in [1.82, 2.24) is 0 Å². The minimum absolute atomic E-state index is 0.137. The summed E-state index contributed by atoms with van der Waals surface area (Å²) in [6, 6.07) is 0. The maximum atomic E-state index is 10.8. The van der Waals surface area contributed by atoms with Crippen LogP contribution in [0.15, 0.2) is 0 Å². The van der Waals surface area contributed by atoms with Crippen molar-refractivity contribution >= 4 is 43.2 Å². The standard InChI is InChI=1S/C11H22O3.I2/c1-5-10(13)7-11(6-8(2)3)14-9(4)12;1-2/h8,10-11,13H,5-7H2,1-4H3;. The normalized spacial score (nSPS) is 13.8. The molecular weight excluding hydrogens is 434 g/mol. The molecule has 0 bridgehead atoms. The fraction of sp³-hybridized carbons (Fsp3) is 0.909. The lowest BCUT2D eigenvalue weighted by atomic mass is 10.00. The van der Waals surface area contributed by atoms with Gasteiger partial charge in [0.05, 0.1) is 6.10 Å². The van der Waals surface area contributed by atoms with Crippen molar-refractivity contribution in [3.8, 4) is 0 Å². The Kier molecular flexibility index (Phi) is 14.8. The quantitative estimate of drug-likeness (QED) is 0.488. The second-order valence-electron chi connectivity index (χ2n) is 4.16. The summed E-state index contributed by atoms with van der Waals surface area (Å²) in [6.45, 7) is 7.49. The van der Waals surface area contributed by atoms with Crippen LogP contribution in [0.2, 0.25) is 0 Å². The molecule has 5 heteroatoms. The van der Waals surface area contributed by atoms with Crippen LogP contribution in [-0.4, -0.2) is 23.3 Å². The van der Waals surface area contributed by atoms with Crippen molar-refractivity contribution in [1.29, 1.82) is 0 Å². The average Bonchev–Trinajstić information content (AvgIpc) is 2.18. The van der Waals surface area contributed by atoms with Gasteiger partial charge in [0.1, 0.15) is 6.10 Å². The maximum Gasteiger partial charge on any atom is 0.302 e. The Balaban J connectivity index is 0. The molecule has 0 saturated heterocycles. The summed E-state index contributed by atoms with van der Waals surface area (Å²) in [5, 5.41) is 9.46. The minimum atomic E-state index is -0.363. The fourth-order valence-corrected chi connectivity index (χ4v) is 1.42. The SMILES string of the molecule is CCC(O)CC(CC(C)C)OC(C)=O.II. The number of ether oxygens (including phenoxy) is 1. The zero-order chi connectivity index (χ0) is 13.1. The van der Waals surface area contributed by atoms with Crippen LogP contribution in [0.5, 0.6) is 0 Å². The first-order valence-electron chi connectivity index (χ1n) is 5.45. The van der Waals surface area contributed by atoms with E-state index in [1.165, 1.54) is 6.92 Å². The van der Waals surface area contributed by atoms with E-state index in [1.54, 1.807) is 0 Å². The summed E-state index contributed by atoms with van der Waals surface area (Å²) in [5.74, 6) is 0.211. The second kappa shape index (κ2) is 12.3. The van der Waals surface area contributed by atoms with Crippen LogP contribution < -0.4 is 0 Å². The van der Waals surface area contributed by atoms with Crippen molar-refractivity contribution < 1.29 is 14.6 Å². The maximum absolute atomic E-state index is 10.8. The molecule has 0 aromatic rings. The first kappa shape index (κ1) is 19.2. The van der Waals surface area contributed by atoms with E-state index in [2.05, 4.69) is 51.1 Å². The topological polar surface area (TPSA) is 46.5 Å². The minimum Gasteiger partial charge on any atom is -0.462 e. The number of hydrogen-bond acceptors (Lipinski definition) is 3. The molecule has 0 radical (unpaired) electrons. The van der Waals surface area contributed by atoms with Gasteiger partial charge in [-0.15, -0.1) is 0 Å². The highest BCUT2D eigenvalue weighted by Crippen LogP contribution is 2.15. The van der Waals surface area contributed by atoms with Gasteiger partial charge in [0.25, 0.3) is 0 Å². The number of aliphatic hydroxyl groups is 1. The van der Waals surface area contributed by atoms with Crippen LogP contribution in [0.3, 0.4) is 0 Å². The summed E-state index contributed by atoms with van der Waals surface area (Å²) in [7, 11) is 0. The molecule has 16 heavy (non-hydrogen) atoms. The van der Waals surface area contributed by atoms with Gasteiger partial charge < -0.3 is 9.84 Å². The van der Waals surface area contributed by atoms with Gasteiger partial charge in [0, 0.05) is 50.6 Å². The third kappa shape index (κ3) is 13.0. The largest absolute Gasteiger partial charge is 0.462 e. The van der Waals surface area contributed by atoms with Crippen LogP contribution in [0.1, 0.15) is 47.0 Å². The smallest absolute Gasteiger partial charge is 0.302 e. The summed E-state index contributed by atoms with van der Waals surface area (Å²) in [6.07, 6.45) is 1.57. The molecule has 0 aliphatic rings. The van der Waals surface area contributed by atoms with E-state index >= 15 is 0 Å². The Bertz CT molecular complexity index is 175.